The summed E-state index contributed by atoms with van der Waals surface area (Å²) in [6.45, 7) is 15.2. The fourth-order valence-corrected chi connectivity index (χ4v) is 5.08. The van der Waals surface area contributed by atoms with Gasteiger partial charge in [0.05, 0.1) is 0 Å². The first-order chi connectivity index (χ1) is 16.3. The molecular weight excluding hydrogens is 420 g/mol. The van der Waals surface area contributed by atoms with Crippen LogP contribution in [0.1, 0.15) is 102 Å². The van der Waals surface area contributed by atoms with E-state index in [1.54, 1.807) is 0 Å². The summed E-state index contributed by atoms with van der Waals surface area (Å²) in [5.74, 6) is 0.159. The average molecular weight is 465 g/mol. The lowest BCUT2D eigenvalue weighted by Crippen LogP contribution is -2.71. The summed E-state index contributed by atoms with van der Waals surface area (Å²) in [6, 6.07) is 13.9. The van der Waals surface area contributed by atoms with Gasteiger partial charge in [-0.1, -0.05) is 84.7 Å². The lowest BCUT2D eigenvalue weighted by Gasteiger charge is -2.62. The SMILES string of the molecule is CCCCN(CCCC)c1ccc(C2C([O-])C(Nc3c(C(C)C)cccc3C(C)C)C2[O-])cc1. The van der Waals surface area contributed by atoms with E-state index in [1.165, 1.54) is 42.5 Å². The van der Waals surface area contributed by atoms with E-state index in [4.69, 9.17) is 0 Å². The summed E-state index contributed by atoms with van der Waals surface area (Å²) >= 11 is 0. The molecule has 1 aliphatic rings. The first-order valence-corrected chi connectivity index (χ1v) is 13.4. The highest BCUT2D eigenvalue weighted by molar-refractivity contribution is 5.61. The van der Waals surface area contributed by atoms with Crippen LogP contribution in [-0.2, 0) is 0 Å². The molecule has 0 radical (unpaired) electrons. The van der Waals surface area contributed by atoms with E-state index in [0.717, 1.165) is 24.3 Å². The lowest BCUT2D eigenvalue weighted by atomic mass is 9.69. The molecule has 2 aromatic carbocycles. The van der Waals surface area contributed by atoms with Crippen molar-refractivity contribution in [3.05, 3.63) is 59.2 Å². The van der Waals surface area contributed by atoms with Gasteiger partial charge in [-0.25, -0.2) is 0 Å². The van der Waals surface area contributed by atoms with Crippen molar-refractivity contribution >= 4 is 11.4 Å². The zero-order valence-corrected chi connectivity index (χ0v) is 22.0. The van der Waals surface area contributed by atoms with Gasteiger partial charge in [0.15, 0.2) is 0 Å². The van der Waals surface area contributed by atoms with Gasteiger partial charge < -0.3 is 20.4 Å². The van der Waals surface area contributed by atoms with Gasteiger partial charge in [0.25, 0.3) is 0 Å². The minimum Gasteiger partial charge on any atom is -0.850 e. The van der Waals surface area contributed by atoms with E-state index in [1.807, 2.05) is 12.1 Å². The molecule has 1 N–H and O–H groups in total. The molecule has 0 saturated heterocycles. The summed E-state index contributed by atoms with van der Waals surface area (Å²) in [5.41, 5.74) is 5.43. The number of anilines is 2. The van der Waals surface area contributed by atoms with Crippen molar-refractivity contribution in [1.82, 2.24) is 0 Å². The van der Waals surface area contributed by atoms with Crippen LogP contribution in [0, 0.1) is 0 Å². The molecule has 0 bridgehead atoms. The van der Waals surface area contributed by atoms with Crippen molar-refractivity contribution < 1.29 is 10.2 Å². The second-order valence-corrected chi connectivity index (χ2v) is 10.5. The maximum Gasteiger partial charge on any atom is 0.0411 e. The Bertz CT molecular complexity index is 849. The predicted octanol–water partition coefficient (Wildman–Crippen LogP) is 5.38. The third kappa shape index (κ3) is 5.78. The van der Waals surface area contributed by atoms with Crippen molar-refractivity contribution in [1.29, 1.82) is 0 Å². The van der Waals surface area contributed by atoms with E-state index in [-0.39, 0.29) is 0 Å². The average Bonchev–Trinajstić information content (AvgIpc) is 2.83. The largest absolute Gasteiger partial charge is 0.850 e. The normalized spacial score (nSPS) is 22.2. The fraction of sp³-hybridized carbons (Fsp3) is 0.600. The molecule has 2 atom stereocenters. The number of nitrogens with zero attached hydrogens (tertiary/aromatic N) is 1. The standard InChI is InChI=1S/C30H44N2O2/c1-7-9-18-32(19-10-8-2)23-16-14-22(15-17-23)26-29(33)28(30(26)34)31-27-24(20(3)4)12-11-13-25(27)21(5)6/h11-17,20-21,26,28-31H,7-10,18-19H2,1-6H3/q-2. The van der Waals surface area contributed by atoms with Gasteiger partial charge in [-0.2, -0.15) is 0 Å². The molecule has 1 aliphatic carbocycles. The number of unbranched alkanes of at least 4 members (excludes halogenated alkanes) is 2. The molecule has 0 amide bonds. The smallest absolute Gasteiger partial charge is 0.0411 e. The first kappa shape index (κ1) is 26.6. The maximum atomic E-state index is 13.3. The Balaban J connectivity index is 1.74. The van der Waals surface area contributed by atoms with Crippen molar-refractivity contribution in [3.8, 4) is 0 Å². The van der Waals surface area contributed by atoms with Crippen molar-refractivity contribution in [2.75, 3.05) is 23.3 Å². The zero-order chi connectivity index (χ0) is 24.8. The minimum atomic E-state index is -0.940. The highest BCUT2D eigenvalue weighted by Gasteiger charge is 2.38. The molecule has 3 rings (SSSR count). The molecule has 0 heterocycles. The number of hydrogen-bond donors (Lipinski definition) is 1. The molecule has 0 aliphatic heterocycles. The highest BCUT2D eigenvalue weighted by Crippen LogP contribution is 2.40. The topological polar surface area (TPSA) is 61.4 Å². The van der Waals surface area contributed by atoms with Gasteiger partial charge in [0, 0.05) is 30.5 Å². The fourth-order valence-electron chi connectivity index (χ4n) is 5.08. The number of para-hydroxylation sites is 1. The molecule has 188 valence electrons. The third-order valence-electron chi connectivity index (χ3n) is 7.31. The molecule has 4 heteroatoms. The van der Waals surface area contributed by atoms with E-state index in [9.17, 15) is 10.2 Å². The van der Waals surface area contributed by atoms with Crippen LogP contribution in [0.5, 0.6) is 0 Å². The number of nitrogens with one attached hydrogen (secondary N) is 1. The molecule has 0 aromatic heterocycles. The van der Waals surface area contributed by atoms with Crippen LogP contribution >= 0.6 is 0 Å². The van der Waals surface area contributed by atoms with Crippen LogP contribution < -0.4 is 20.4 Å². The number of benzene rings is 2. The molecule has 4 nitrogen and oxygen atoms in total. The van der Waals surface area contributed by atoms with Gasteiger partial charge in [-0.15, -0.1) is 12.2 Å². The molecule has 1 fully saturated rings. The highest BCUT2D eigenvalue weighted by atomic mass is 16.3. The Labute approximate surface area is 207 Å². The summed E-state index contributed by atoms with van der Waals surface area (Å²) in [7, 11) is 0. The van der Waals surface area contributed by atoms with Crippen LogP contribution in [-0.4, -0.2) is 31.3 Å². The summed E-state index contributed by atoms with van der Waals surface area (Å²) in [4.78, 5) is 2.43. The van der Waals surface area contributed by atoms with Crippen LogP contribution in [0.15, 0.2) is 42.5 Å². The van der Waals surface area contributed by atoms with E-state index >= 15 is 0 Å². The Morgan fingerprint density at radius 2 is 1.29 bits per heavy atom. The van der Waals surface area contributed by atoms with Gasteiger partial charge in [-0.3, -0.25) is 0 Å². The predicted molar refractivity (Wildman–Crippen MR) is 141 cm³/mol. The van der Waals surface area contributed by atoms with Gasteiger partial charge in [0.2, 0.25) is 0 Å². The molecule has 2 aromatic rings. The van der Waals surface area contributed by atoms with Crippen LogP contribution in [0.3, 0.4) is 0 Å². The Hall–Kier alpha value is -2.04. The van der Waals surface area contributed by atoms with Crippen molar-refractivity contribution in [2.45, 2.75) is 103 Å². The second-order valence-electron chi connectivity index (χ2n) is 10.5. The monoisotopic (exact) mass is 464 g/mol. The lowest BCUT2D eigenvalue weighted by molar-refractivity contribution is -0.530. The van der Waals surface area contributed by atoms with Gasteiger partial charge >= 0.3 is 0 Å². The summed E-state index contributed by atoms with van der Waals surface area (Å²) in [6.07, 6.45) is 2.80. The zero-order valence-electron chi connectivity index (χ0n) is 22.0. The Morgan fingerprint density at radius 1 is 0.794 bits per heavy atom. The molecule has 34 heavy (non-hydrogen) atoms. The van der Waals surface area contributed by atoms with Gasteiger partial charge in [-0.05, 0) is 59.4 Å². The Kier molecular flexibility index (Phi) is 9.44. The Morgan fingerprint density at radius 3 is 1.74 bits per heavy atom. The third-order valence-corrected chi connectivity index (χ3v) is 7.31. The first-order valence-electron chi connectivity index (χ1n) is 13.4. The molecular formula is C30H44N2O2-2. The maximum absolute atomic E-state index is 13.3. The molecule has 2 unspecified atom stereocenters. The van der Waals surface area contributed by atoms with Crippen LogP contribution in [0.25, 0.3) is 0 Å². The van der Waals surface area contributed by atoms with Crippen molar-refractivity contribution in [3.63, 3.8) is 0 Å². The van der Waals surface area contributed by atoms with E-state index in [2.05, 4.69) is 82.1 Å². The quantitative estimate of drug-likeness (QED) is 0.458. The molecule has 0 spiro atoms. The van der Waals surface area contributed by atoms with E-state index < -0.39 is 24.2 Å². The van der Waals surface area contributed by atoms with Crippen LogP contribution in [0.4, 0.5) is 11.4 Å². The minimum absolute atomic E-state index is 0.322. The van der Waals surface area contributed by atoms with Gasteiger partial charge in [0.1, 0.15) is 0 Å². The van der Waals surface area contributed by atoms with Crippen molar-refractivity contribution in [2.24, 2.45) is 0 Å². The number of hydrogen-bond acceptors (Lipinski definition) is 4. The van der Waals surface area contributed by atoms with E-state index in [0.29, 0.717) is 11.8 Å². The van der Waals surface area contributed by atoms with Crippen LogP contribution in [0.2, 0.25) is 0 Å². The second kappa shape index (κ2) is 12.1. The summed E-state index contributed by atoms with van der Waals surface area (Å²) < 4.78 is 0. The molecule has 1 saturated carbocycles. The summed E-state index contributed by atoms with van der Waals surface area (Å²) in [5, 5.41) is 29.9. The number of rotatable bonds is 12.